The van der Waals surface area contributed by atoms with E-state index < -0.39 is 17.8 Å². The third-order valence-corrected chi connectivity index (χ3v) is 7.33. The van der Waals surface area contributed by atoms with E-state index in [4.69, 9.17) is 5.73 Å². The number of rotatable bonds is 8. The quantitative estimate of drug-likeness (QED) is 0.224. The fourth-order valence-electron chi connectivity index (χ4n) is 5.19. The first kappa shape index (κ1) is 28.5. The number of hydrogen-bond acceptors (Lipinski definition) is 5. The Labute approximate surface area is 236 Å². The summed E-state index contributed by atoms with van der Waals surface area (Å²) >= 11 is 0. The normalized spacial score (nSPS) is 18.2. The van der Waals surface area contributed by atoms with E-state index in [0.717, 1.165) is 47.6 Å². The fraction of sp³-hybridized carbons (Fsp3) is 0.290. The van der Waals surface area contributed by atoms with Gasteiger partial charge in [-0.05, 0) is 66.6 Å². The number of nitrogens with one attached hydrogen (secondary N) is 2. The van der Waals surface area contributed by atoms with E-state index in [1.54, 1.807) is 36.4 Å². The summed E-state index contributed by atoms with van der Waals surface area (Å²) in [5.74, 6) is -0.728. The second-order valence-electron chi connectivity index (χ2n) is 10.3. The van der Waals surface area contributed by atoms with Crippen LogP contribution in [0.25, 0.3) is 5.69 Å². The van der Waals surface area contributed by atoms with Gasteiger partial charge in [-0.3, -0.25) is 4.79 Å². The SMILES string of the molecule is NCc1cccc(-n2nc(C(F)(F)F)cc2C(=O)Nc2cccc(C(NC3CCC(O)CC3)c3ccccc3)c2)c1. The van der Waals surface area contributed by atoms with Crippen molar-refractivity contribution in [3.05, 3.63) is 113 Å². The number of alkyl halides is 3. The van der Waals surface area contributed by atoms with Gasteiger partial charge in [0.05, 0.1) is 17.8 Å². The molecular formula is C31H32F3N5O2. The summed E-state index contributed by atoms with van der Waals surface area (Å²) in [6, 6.07) is 24.5. The molecule has 5 N–H and O–H groups in total. The van der Waals surface area contributed by atoms with Gasteiger partial charge in [0.15, 0.2) is 5.69 Å². The van der Waals surface area contributed by atoms with Crippen molar-refractivity contribution in [2.45, 2.75) is 56.6 Å². The van der Waals surface area contributed by atoms with Gasteiger partial charge < -0.3 is 21.5 Å². The van der Waals surface area contributed by atoms with Crippen LogP contribution >= 0.6 is 0 Å². The first-order valence-electron chi connectivity index (χ1n) is 13.6. The van der Waals surface area contributed by atoms with Crippen molar-refractivity contribution in [1.82, 2.24) is 15.1 Å². The summed E-state index contributed by atoms with van der Waals surface area (Å²) in [7, 11) is 0. The predicted octanol–water partition coefficient (Wildman–Crippen LogP) is 5.58. The lowest BCUT2D eigenvalue weighted by atomic mass is 9.90. The number of halogens is 3. The summed E-state index contributed by atoms with van der Waals surface area (Å²) in [4.78, 5) is 13.4. The molecular weight excluding hydrogens is 531 g/mol. The average molecular weight is 564 g/mol. The van der Waals surface area contributed by atoms with Gasteiger partial charge in [0.1, 0.15) is 5.69 Å². The molecule has 1 saturated carbocycles. The number of aliphatic hydroxyl groups excluding tert-OH is 1. The molecule has 0 spiro atoms. The number of benzene rings is 3. The molecule has 1 aliphatic carbocycles. The molecule has 0 radical (unpaired) electrons. The third-order valence-electron chi connectivity index (χ3n) is 7.33. The largest absolute Gasteiger partial charge is 0.435 e. The van der Waals surface area contributed by atoms with Gasteiger partial charge >= 0.3 is 6.18 Å². The van der Waals surface area contributed by atoms with Crippen molar-refractivity contribution >= 4 is 11.6 Å². The molecule has 1 fully saturated rings. The highest BCUT2D eigenvalue weighted by Crippen LogP contribution is 2.31. The first-order valence-corrected chi connectivity index (χ1v) is 13.6. The van der Waals surface area contributed by atoms with Gasteiger partial charge in [-0.15, -0.1) is 0 Å². The number of aliphatic hydroxyl groups is 1. The Morgan fingerprint density at radius 2 is 1.66 bits per heavy atom. The Morgan fingerprint density at radius 3 is 2.37 bits per heavy atom. The van der Waals surface area contributed by atoms with Crippen LogP contribution in [0.1, 0.15) is 64.6 Å². The highest BCUT2D eigenvalue weighted by molar-refractivity contribution is 6.03. The molecule has 5 rings (SSSR count). The van der Waals surface area contributed by atoms with Crippen LogP contribution in [0.2, 0.25) is 0 Å². The van der Waals surface area contributed by atoms with Crippen molar-refractivity contribution in [3.63, 3.8) is 0 Å². The average Bonchev–Trinajstić information content (AvgIpc) is 3.44. The molecule has 4 aromatic rings. The highest BCUT2D eigenvalue weighted by Gasteiger charge is 2.36. The van der Waals surface area contributed by atoms with Gasteiger partial charge in [-0.25, -0.2) is 4.68 Å². The Morgan fingerprint density at radius 1 is 0.951 bits per heavy atom. The standard InChI is InChI=1S/C31H32F3N5O2/c32-31(33,34)28-18-27(39(38-28)25-11-4-6-20(16-25)19-35)30(41)37-24-10-5-9-22(17-24)29(21-7-2-1-3-8-21)36-23-12-14-26(40)15-13-23/h1-11,16-18,23,26,29,36,40H,12-15,19,35H2,(H,37,41). The van der Waals surface area contributed by atoms with Crippen LogP contribution in [0.3, 0.4) is 0 Å². The molecule has 1 amide bonds. The molecule has 214 valence electrons. The Hall–Kier alpha value is -3.99. The number of anilines is 1. The minimum Gasteiger partial charge on any atom is -0.393 e. The zero-order chi connectivity index (χ0) is 29.0. The van der Waals surface area contributed by atoms with Gasteiger partial charge in [-0.2, -0.15) is 18.3 Å². The molecule has 1 aliphatic rings. The number of carbonyl (C=O) groups excluding carboxylic acids is 1. The third kappa shape index (κ3) is 6.84. The molecule has 0 bridgehead atoms. The number of amides is 1. The Balaban J connectivity index is 1.44. The highest BCUT2D eigenvalue weighted by atomic mass is 19.4. The van der Waals surface area contributed by atoms with Crippen molar-refractivity contribution in [2.75, 3.05) is 5.32 Å². The van der Waals surface area contributed by atoms with Gasteiger partial charge in [0, 0.05) is 24.3 Å². The van der Waals surface area contributed by atoms with Crippen LogP contribution in [0, 0.1) is 0 Å². The number of carbonyl (C=O) groups is 1. The monoisotopic (exact) mass is 563 g/mol. The molecule has 1 atom stereocenters. The van der Waals surface area contributed by atoms with Crippen molar-refractivity contribution in [3.8, 4) is 5.69 Å². The minimum atomic E-state index is -4.73. The van der Waals surface area contributed by atoms with Crippen molar-refractivity contribution in [1.29, 1.82) is 0 Å². The molecule has 1 heterocycles. The molecule has 0 saturated heterocycles. The molecule has 7 nitrogen and oxygen atoms in total. The van der Waals surface area contributed by atoms with Crippen LogP contribution in [-0.4, -0.2) is 32.9 Å². The van der Waals surface area contributed by atoms with E-state index in [2.05, 4.69) is 15.7 Å². The number of nitrogens with two attached hydrogens (primary N) is 1. The fourth-order valence-corrected chi connectivity index (χ4v) is 5.19. The summed E-state index contributed by atoms with van der Waals surface area (Å²) in [5, 5.41) is 20.1. The lowest BCUT2D eigenvalue weighted by molar-refractivity contribution is -0.141. The molecule has 1 unspecified atom stereocenters. The van der Waals surface area contributed by atoms with Crippen LogP contribution in [0.5, 0.6) is 0 Å². The lowest BCUT2D eigenvalue weighted by Gasteiger charge is -2.31. The van der Waals surface area contributed by atoms with E-state index in [-0.39, 0.29) is 30.4 Å². The molecule has 0 aliphatic heterocycles. The summed E-state index contributed by atoms with van der Waals surface area (Å²) in [6.45, 7) is 0.188. The van der Waals surface area contributed by atoms with E-state index >= 15 is 0 Å². The van der Waals surface area contributed by atoms with E-state index in [1.807, 2.05) is 42.5 Å². The van der Waals surface area contributed by atoms with E-state index in [1.165, 1.54) is 0 Å². The van der Waals surface area contributed by atoms with Crippen LogP contribution in [-0.2, 0) is 12.7 Å². The van der Waals surface area contributed by atoms with Crippen LogP contribution in [0.4, 0.5) is 18.9 Å². The zero-order valence-electron chi connectivity index (χ0n) is 22.3. The maximum absolute atomic E-state index is 13.6. The first-order chi connectivity index (χ1) is 19.7. The topological polar surface area (TPSA) is 105 Å². The zero-order valence-corrected chi connectivity index (χ0v) is 22.3. The minimum absolute atomic E-state index is 0.186. The summed E-state index contributed by atoms with van der Waals surface area (Å²) in [6.07, 6.45) is -1.84. The van der Waals surface area contributed by atoms with Crippen LogP contribution in [0.15, 0.2) is 84.9 Å². The molecule has 10 heteroatoms. The number of aromatic nitrogens is 2. The smallest absolute Gasteiger partial charge is 0.393 e. The van der Waals surface area contributed by atoms with Gasteiger partial charge in [0.25, 0.3) is 5.91 Å². The van der Waals surface area contributed by atoms with Gasteiger partial charge in [-0.1, -0.05) is 54.6 Å². The predicted molar refractivity (Wildman–Crippen MR) is 151 cm³/mol. The van der Waals surface area contributed by atoms with E-state index in [0.29, 0.717) is 16.9 Å². The second kappa shape index (κ2) is 12.3. The number of nitrogens with zero attached hydrogens (tertiary/aromatic N) is 2. The maximum atomic E-state index is 13.6. The molecule has 41 heavy (non-hydrogen) atoms. The Kier molecular flexibility index (Phi) is 8.53. The van der Waals surface area contributed by atoms with Crippen molar-refractivity contribution < 1.29 is 23.1 Å². The van der Waals surface area contributed by atoms with Gasteiger partial charge in [0.2, 0.25) is 0 Å². The van der Waals surface area contributed by atoms with Crippen LogP contribution < -0.4 is 16.4 Å². The van der Waals surface area contributed by atoms with Crippen molar-refractivity contribution in [2.24, 2.45) is 5.73 Å². The number of hydrogen-bond donors (Lipinski definition) is 4. The lowest BCUT2D eigenvalue weighted by Crippen LogP contribution is -2.37. The van der Waals surface area contributed by atoms with E-state index in [9.17, 15) is 23.1 Å². The summed E-state index contributed by atoms with van der Waals surface area (Å²) < 4.78 is 41.8. The summed E-state index contributed by atoms with van der Waals surface area (Å²) in [5.41, 5.74) is 7.65. The molecule has 1 aromatic heterocycles. The Bertz CT molecular complexity index is 1480. The second-order valence-corrected chi connectivity index (χ2v) is 10.3. The molecule has 3 aromatic carbocycles. The maximum Gasteiger partial charge on any atom is 0.435 e.